The van der Waals surface area contributed by atoms with Gasteiger partial charge < -0.3 is 10.8 Å². The number of benzene rings is 1. The van der Waals surface area contributed by atoms with Crippen LogP contribution in [0.5, 0.6) is 0 Å². The lowest BCUT2D eigenvalue weighted by molar-refractivity contribution is -0.118. The van der Waals surface area contributed by atoms with Crippen molar-refractivity contribution in [2.24, 2.45) is 5.73 Å². The highest BCUT2D eigenvalue weighted by molar-refractivity contribution is 7.89. The van der Waals surface area contributed by atoms with E-state index in [2.05, 4.69) is 16.6 Å². The van der Waals surface area contributed by atoms with Gasteiger partial charge in [-0.3, -0.25) is 4.79 Å². The summed E-state index contributed by atoms with van der Waals surface area (Å²) in [5.41, 5.74) is 6.36. The van der Waals surface area contributed by atoms with E-state index < -0.39 is 22.0 Å². The molecule has 7 heteroatoms. The largest absolute Gasteiger partial charge is 0.384 e. The Morgan fingerprint density at radius 1 is 1.48 bits per heavy atom. The molecule has 0 aromatic heterocycles. The number of aliphatic hydroxyl groups is 1. The highest BCUT2D eigenvalue weighted by Crippen LogP contribution is 2.15. The Morgan fingerprint density at radius 2 is 2.14 bits per heavy atom. The molecular formula is C14H18N2O4S. The minimum absolute atomic E-state index is 0.0712. The number of nitrogens with two attached hydrogens (primary N) is 1. The van der Waals surface area contributed by atoms with E-state index in [1.165, 1.54) is 12.1 Å². The fraction of sp³-hybridized carbons (Fsp3) is 0.357. The number of hydrogen-bond donors (Lipinski definition) is 3. The highest BCUT2D eigenvalue weighted by atomic mass is 32.2. The Hall–Kier alpha value is -1.88. The summed E-state index contributed by atoms with van der Waals surface area (Å²) < 4.78 is 26.7. The normalized spacial score (nSPS) is 12.3. The van der Waals surface area contributed by atoms with Gasteiger partial charge in [-0.05, 0) is 37.6 Å². The summed E-state index contributed by atoms with van der Waals surface area (Å²) >= 11 is 0. The van der Waals surface area contributed by atoms with Crippen LogP contribution in [0.4, 0.5) is 0 Å². The van der Waals surface area contributed by atoms with Crippen LogP contribution in [0.15, 0.2) is 23.1 Å². The number of carbonyl (C=O) groups excluding carboxylic acids is 1. The minimum atomic E-state index is -3.72. The fourth-order valence-electron chi connectivity index (χ4n) is 1.75. The van der Waals surface area contributed by atoms with Crippen molar-refractivity contribution in [2.75, 3.05) is 6.61 Å². The molecule has 21 heavy (non-hydrogen) atoms. The molecule has 0 aliphatic carbocycles. The lowest BCUT2D eigenvalue weighted by Crippen LogP contribution is -2.35. The van der Waals surface area contributed by atoms with Crippen LogP contribution in [0.2, 0.25) is 0 Å². The van der Waals surface area contributed by atoms with Crippen LogP contribution >= 0.6 is 0 Å². The molecule has 0 fully saturated rings. The quantitative estimate of drug-likeness (QED) is 0.659. The lowest BCUT2D eigenvalue weighted by Gasteiger charge is -2.13. The molecule has 0 heterocycles. The topological polar surface area (TPSA) is 109 Å². The monoisotopic (exact) mass is 310 g/mol. The maximum Gasteiger partial charge on any atom is 0.240 e. The zero-order chi connectivity index (χ0) is 16.0. The van der Waals surface area contributed by atoms with E-state index in [4.69, 9.17) is 10.8 Å². The minimum Gasteiger partial charge on any atom is -0.384 e. The van der Waals surface area contributed by atoms with E-state index in [1.54, 1.807) is 19.9 Å². The third kappa shape index (κ3) is 5.19. The molecule has 1 atom stereocenters. The Balaban J connectivity index is 2.99. The third-order valence-corrected chi connectivity index (χ3v) is 4.26. The predicted molar refractivity (Wildman–Crippen MR) is 78.7 cm³/mol. The van der Waals surface area contributed by atoms with E-state index in [-0.39, 0.29) is 17.9 Å². The van der Waals surface area contributed by atoms with Crippen LogP contribution in [0, 0.1) is 18.8 Å². The smallest absolute Gasteiger partial charge is 0.240 e. The molecule has 0 saturated carbocycles. The first-order chi connectivity index (χ1) is 9.76. The van der Waals surface area contributed by atoms with Gasteiger partial charge in [-0.25, -0.2) is 13.1 Å². The number of primary amides is 1. The van der Waals surface area contributed by atoms with Crippen LogP contribution in [0.1, 0.15) is 24.5 Å². The standard InChI is InChI=1S/C14H18N2O4S/c1-10-8-13(6-5-12(10)4-3-7-17)21(19,20)16-11(2)9-14(15)18/h5-6,8,11,16-17H,7,9H2,1-2H3,(H2,15,18). The molecule has 1 aromatic rings. The van der Waals surface area contributed by atoms with Gasteiger partial charge in [0.15, 0.2) is 0 Å². The Kier molecular flexibility index (Phi) is 5.90. The van der Waals surface area contributed by atoms with E-state index in [0.29, 0.717) is 11.1 Å². The van der Waals surface area contributed by atoms with Crippen LogP contribution in [-0.4, -0.2) is 32.1 Å². The predicted octanol–water partition coefficient (Wildman–Crippen LogP) is -0.119. The van der Waals surface area contributed by atoms with Crippen molar-refractivity contribution in [1.82, 2.24) is 4.72 Å². The highest BCUT2D eigenvalue weighted by Gasteiger charge is 2.19. The number of carbonyl (C=O) groups is 1. The van der Waals surface area contributed by atoms with Gasteiger partial charge in [0.2, 0.25) is 15.9 Å². The number of aliphatic hydroxyl groups excluding tert-OH is 1. The van der Waals surface area contributed by atoms with Gasteiger partial charge >= 0.3 is 0 Å². The molecule has 1 unspecified atom stereocenters. The molecule has 0 saturated heterocycles. The molecule has 0 spiro atoms. The zero-order valence-corrected chi connectivity index (χ0v) is 12.7. The second-order valence-corrected chi connectivity index (χ2v) is 6.34. The Bertz CT molecular complexity index is 687. The van der Waals surface area contributed by atoms with Crippen molar-refractivity contribution >= 4 is 15.9 Å². The summed E-state index contributed by atoms with van der Waals surface area (Å²) in [5.74, 6) is 4.67. The molecule has 0 aliphatic heterocycles. The van der Waals surface area contributed by atoms with Crippen molar-refractivity contribution in [3.63, 3.8) is 0 Å². The van der Waals surface area contributed by atoms with Gasteiger partial charge in [0.1, 0.15) is 6.61 Å². The second-order valence-electron chi connectivity index (χ2n) is 4.63. The first-order valence-corrected chi connectivity index (χ1v) is 7.75. The van der Waals surface area contributed by atoms with E-state index in [1.807, 2.05) is 0 Å². The van der Waals surface area contributed by atoms with E-state index in [0.717, 1.165) is 0 Å². The van der Waals surface area contributed by atoms with Crippen LogP contribution < -0.4 is 10.5 Å². The van der Waals surface area contributed by atoms with Crippen molar-refractivity contribution in [1.29, 1.82) is 0 Å². The number of amides is 1. The van der Waals surface area contributed by atoms with Crippen LogP contribution in [-0.2, 0) is 14.8 Å². The fourth-order valence-corrected chi connectivity index (χ4v) is 3.08. The maximum atomic E-state index is 12.2. The van der Waals surface area contributed by atoms with Crippen LogP contribution in [0.25, 0.3) is 0 Å². The summed E-state index contributed by atoms with van der Waals surface area (Å²) in [6.45, 7) is 3.04. The first-order valence-electron chi connectivity index (χ1n) is 6.27. The van der Waals surface area contributed by atoms with Gasteiger partial charge in [0.05, 0.1) is 4.90 Å². The lowest BCUT2D eigenvalue weighted by atomic mass is 10.1. The average molecular weight is 310 g/mol. The van der Waals surface area contributed by atoms with Crippen molar-refractivity contribution < 1.29 is 18.3 Å². The van der Waals surface area contributed by atoms with Gasteiger partial charge in [0.25, 0.3) is 0 Å². The van der Waals surface area contributed by atoms with Gasteiger partial charge in [0, 0.05) is 18.0 Å². The van der Waals surface area contributed by atoms with E-state index in [9.17, 15) is 13.2 Å². The summed E-state index contributed by atoms with van der Waals surface area (Å²) in [6, 6.07) is 3.90. The molecule has 0 bridgehead atoms. The third-order valence-electron chi connectivity index (χ3n) is 2.67. The van der Waals surface area contributed by atoms with E-state index >= 15 is 0 Å². The SMILES string of the molecule is Cc1cc(S(=O)(=O)NC(C)CC(N)=O)ccc1C#CCO. The Morgan fingerprint density at radius 3 is 2.67 bits per heavy atom. The molecule has 114 valence electrons. The summed E-state index contributed by atoms with van der Waals surface area (Å²) in [4.78, 5) is 10.9. The molecule has 4 N–H and O–H groups in total. The average Bonchev–Trinajstić information content (AvgIpc) is 2.35. The number of rotatable bonds is 5. The first kappa shape index (κ1) is 17.2. The number of sulfonamides is 1. The molecule has 1 rings (SSSR count). The second kappa shape index (κ2) is 7.22. The molecule has 1 aromatic carbocycles. The van der Waals surface area contributed by atoms with Crippen molar-refractivity contribution in [3.8, 4) is 11.8 Å². The van der Waals surface area contributed by atoms with Gasteiger partial charge in [-0.15, -0.1) is 0 Å². The molecule has 1 amide bonds. The zero-order valence-electron chi connectivity index (χ0n) is 11.9. The van der Waals surface area contributed by atoms with Crippen molar-refractivity contribution in [3.05, 3.63) is 29.3 Å². The molecule has 0 aliphatic rings. The van der Waals surface area contributed by atoms with Crippen molar-refractivity contribution in [2.45, 2.75) is 31.2 Å². The summed E-state index contributed by atoms with van der Waals surface area (Å²) in [5, 5.41) is 8.66. The van der Waals surface area contributed by atoms with Crippen LogP contribution in [0.3, 0.4) is 0 Å². The number of aryl methyl sites for hydroxylation is 1. The molecule has 0 radical (unpaired) electrons. The summed E-state index contributed by atoms with van der Waals surface area (Å²) in [7, 11) is -3.72. The summed E-state index contributed by atoms with van der Waals surface area (Å²) in [6.07, 6.45) is -0.0712. The number of hydrogen-bond acceptors (Lipinski definition) is 4. The maximum absolute atomic E-state index is 12.2. The molecule has 6 nitrogen and oxygen atoms in total. The van der Waals surface area contributed by atoms with Gasteiger partial charge in [-0.2, -0.15) is 0 Å². The number of nitrogens with one attached hydrogen (secondary N) is 1. The molecular weight excluding hydrogens is 292 g/mol. The van der Waals surface area contributed by atoms with Gasteiger partial charge in [-0.1, -0.05) is 11.8 Å². The Labute approximate surface area is 124 Å².